The molecule has 22 heavy (non-hydrogen) atoms. The van der Waals surface area contributed by atoms with E-state index in [0.29, 0.717) is 0 Å². The van der Waals surface area contributed by atoms with Crippen molar-refractivity contribution in [1.82, 2.24) is 10.6 Å². The molecule has 0 aliphatic heterocycles. The third-order valence-electron chi connectivity index (χ3n) is 3.67. The van der Waals surface area contributed by atoms with Gasteiger partial charge in [0, 0.05) is 15.6 Å². The number of carbonyl (C=O) groups excluding carboxylic acids is 2. The first-order chi connectivity index (χ1) is 10.5. The molecule has 1 fully saturated rings. The van der Waals surface area contributed by atoms with E-state index in [1.165, 1.54) is 11.3 Å². The molecular weight excluding hydrogens is 300 g/mol. The molecule has 0 saturated heterocycles. The molecule has 6 heteroatoms. The van der Waals surface area contributed by atoms with Gasteiger partial charge in [-0.05, 0) is 37.3 Å². The second-order valence-corrected chi connectivity index (χ2v) is 6.94. The Morgan fingerprint density at radius 3 is 2.73 bits per heavy atom. The van der Waals surface area contributed by atoms with Crippen molar-refractivity contribution >= 4 is 33.2 Å². The van der Waals surface area contributed by atoms with Crippen LogP contribution >= 0.6 is 11.3 Å². The second-order valence-electron chi connectivity index (χ2n) is 5.85. The minimum atomic E-state index is -1.21. The average Bonchev–Trinajstić information content (AvgIpc) is 3.18. The minimum absolute atomic E-state index is 0.00323. The monoisotopic (exact) mass is 318 g/mol. The van der Waals surface area contributed by atoms with E-state index < -0.39 is 17.4 Å². The number of aliphatic hydroxyl groups is 1. The fraction of sp³-hybridized carbons (Fsp3) is 0.375. The molecule has 1 aromatic carbocycles. The highest BCUT2D eigenvalue weighted by atomic mass is 32.1. The van der Waals surface area contributed by atoms with Crippen molar-refractivity contribution in [1.29, 1.82) is 0 Å². The Balaban J connectivity index is 1.64. The summed E-state index contributed by atoms with van der Waals surface area (Å²) in [6, 6.07) is 9.91. The molecule has 3 rings (SSSR count). The van der Waals surface area contributed by atoms with E-state index in [9.17, 15) is 14.7 Å². The quantitative estimate of drug-likeness (QED) is 0.748. The van der Waals surface area contributed by atoms with Crippen molar-refractivity contribution in [2.45, 2.75) is 31.4 Å². The van der Waals surface area contributed by atoms with Crippen LogP contribution in [0.4, 0.5) is 0 Å². The normalized spacial score (nSPS) is 17.0. The first-order valence-corrected chi connectivity index (χ1v) is 8.07. The van der Waals surface area contributed by atoms with Crippen molar-refractivity contribution in [2.75, 3.05) is 6.54 Å². The van der Waals surface area contributed by atoms with Crippen LogP contribution in [-0.4, -0.2) is 29.5 Å². The Hall–Kier alpha value is -1.92. The van der Waals surface area contributed by atoms with Crippen LogP contribution in [-0.2, 0) is 15.2 Å². The van der Waals surface area contributed by atoms with Gasteiger partial charge < -0.3 is 15.7 Å². The summed E-state index contributed by atoms with van der Waals surface area (Å²) in [5.41, 5.74) is -1.21. The summed E-state index contributed by atoms with van der Waals surface area (Å²) >= 11 is 1.48. The van der Waals surface area contributed by atoms with Crippen LogP contribution in [0.15, 0.2) is 30.3 Å². The van der Waals surface area contributed by atoms with Gasteiger partial charge >= 0.3 is 11.8 Å². The zero-order chi connectivity index (χ0) is 15.7. The molecular formula is C16H18N2O3S. The standard InChI is InChI=1S/C16H18N2O3S/c1-16(21,9-17-14(19)15(20)18-11-6-7-11)13-8-10-4-2-3-5-12(10)22-13/h2-5,8,11,21H,6-7,9H2,1H3,(H,17,19)(H,18,20). The molecule has 116 valence electrons. The summed E-state index contributed by atoms with van der Waals surface area (Å²) in [4.78, 5) is 24.1. The fourth-order valence-electron chi connectivity index (χ4n) is 2.15. The summed E-state index contributed by atoms with van der Waals surface area (Å²) in [5.74, 6) is -1.33. The van der Waals surface area contributed by atoms with E-state index in [1.807, 2.05) is 30.3 Å². The largest absolute Gasteiger partial charge is 0.383 e. The second kappa shape index (κ2) is 5.70. The predicted molar refractivity (Wildman–Crippen MR) is 85.6 cm³/mol. The lowest BCUT2D eigenvalue weighted by Crippen LogP contribution is -2.45. The zero-order valence-corrected chi connectivity index (χ0v) is 13.1. The molecule has 1 unspecified atom stereocenters. The molecule has 0 radical (unpaired) electrons. The lowest BCUT2D eigenvalue weighted by atomic mass is 10.0. The van der Waals surface area contributed by atoms with Crippen LogP contribution in [0.25, 0.3) is 10.1 Å². The van der Waals surface area contributed by atoms with Gasteiger partial charge in [-0.2, -0.15) is 0 Å². The summed E-state index contributed by atoms with van der Waals surface area (Å²) in [7, 11) is 0. The maximum absolute atomic E-state index is 11.7. The average molecular weight is 318 g/mol. The summed E-state index contributed by atoms with van der Waals surface area (Å²) in [5, 5.41) is 16.8. The Morgan fingerprint density at radius 1 is 1.32 bits per heavy atom. The van der Waals surface area contributed by atoms with Crippen LogP contribution in [0.5, 0.6) is 0 Å². The van der Waals surface area contributed by atoms with Crippen LogP contribution in [0.3, 0.4) is 0 Å². The zero-order valence-electron chi connectivity index (χ0n) is 12.3. The number of hydrogen-bond acceptors (Lipinski definition) is 4. The van der Waals surface area contributed by atoms with E-state index in [2.05, 4.69) is 10.6 Å². The van der Waals surface area contributed by atoms with Crippen LogP contribution in [0, 0.1) is 0 Å². The summed E-state index contributed by atoms with van der Waals surface area (Å²) < 4.78 is 1.08. The molecule has 1 saturated carbocycles. The molecule has 5 nitrogen and oxygen atoms in total. The lowest BCUT2D eigenvalue weighted by molar-refractivity contribution is -0.139. The van der Waals surface area contributed by atoms with E-state index in [4.69, 9.17) is 0 Å². The van der Waals surface area contributed by atoms with Crippen LogP contribution in [0.1, 0.15) is 24.6 Å². The molecule has 1 atom stereocenters. The van der Waals surface area contributed by atoms with E-state index in [1.54, 1.807) is 6.92 Å². The van der Waals surface area contributed by atoms with Crippen molar-refractivity contribution in [3.05, 3.63) is 35.2 Å². The maximum atomic E-state index is 11.7. The SMILES string of the molecule is CC(O)(CNC(=O)C(=O)NC1CC1)c1cc2ccccc2s1. The summed E-state index contributed by atoms with van der Waals surface area (Å²) in [6.45, 7) is 1.63. The predicted octanol–water partition coefficient (Wildman–Crippen LogP) is 1.50. The molecule has 1 heterocycles. The van der Waals surface area contributed by atoms with Gasteiger partial charge in [-0.15, -0.1) is 11.3 Å². The molecule has 1 aliphatic rings. The van der Waals surface area contributed by atoms with Gasteiger partial charge in [0.15, 0.2) is 0 Å². The highest BCUT2D eigenvalue weighted by Gasteiger charge is 2.29. The van der Waals surface area contributed by atoms with Gasteiger partial charge in [0.25, 0.3) is 0 Å². The lowest BCUT2D eigenvalue weighted by Gasteiger charge is -2.22. The molecule has 1 aliphatic carbocycles. The number of thiophene rings is 1. The van der Waals surface area contributed by atoms with Crippen molar-refractivity contribution in [3.8, 4) is 0 Å². The topological polar surface area (TPSA) is 78.4 Å². The van der Waals surface area contributed by atoms with Crippen molar-refractivity contribution < 1.29 is 14.7 Å². The van der Waals surface area contributed by atoms with Gasteiger partial charge in [0.2, 0.25) is 0 Å². The van der Waals surface area contributed by atoms with Gasteiger partial charge in [0.05, 0.1) is 6.54 Å². The number of nitrogens with one attached hydrogen (secondary N) is 2. The molecule has 2 amide bonds. The highest BCUT2D eigenvalue weighted by molar-refractivity contribution is 7.19. The molecule has 2 aromatic rings. The van der Waals surface area contributed by atoms with E-state index in [-0.39, 0.29) is 12.6 Å². The smallest absolute Gasteiger partial charge is 0.309 e. The highest BCUT2D eigenvalue weighted by Crippen LogP contribution is 2.32. The van der Waals surface area contributed by atoms with Crippen LogP contribution < -0.4 is 10.6 Å². The van der Waals surface area contributed by atoms with Crippen molar-refractivity contribution in [2.24, 2.45) is 0 Å². The number of fused-ring (bicyclic) bond motifs is 1. The van der Waals surface area contributed by atoms with E-state index >= 15 is 0 Å². The molecule has 1 aromatic heterocycles. The third kappa shape index (κ3) is 3.28. The molecule has 3 N–H and O–H groups in total. The maximum Gasteiger partial charge on any atom is 0.309 e. The van der Waals surface area contributed by atoms with E-state index in [0.717, 1.165) is 27.8 Å². The van der Waals surface area contributed by atoms with Crippen molar-refractivity contribution in [3.63, 3.8) is 0 Å². The van der Waals surface area contributed by atoms with Gasteiger partial charge in [0.1, 0.15) is 5.60 Å². The van der Waals surface area contributed by atoms with Gasteiger partial charge in [-0.1, -0.05) is 18.2 Å². The number of rotatable bonds is 4. The van der Waals surface area contributed by atoms with Crippen LogP contribution in [0.2, 0.25) is 0 Å². The molecule has 0 bridgehead atoms. The Morgan fingerprint density at radius 2 is 2.05 bits per heavy atom. The first kappa shape index (κ1) is 15.0. The Bertz CT molecular complexity index is 686. The number of amides is 2. The first-order valence-electron chi connectivity index (χ1n) is 7.26. The number of benzene rings is 1. The number of carbonyl (C=O) groups is 2. The minimum Gasteiger partial charge on any atom is -0.383 e. The van der Waals surface area contributed by atoms with Gasteiger partial charge in [-0.25, -0.2) is 0 Å². The fourth-order valence-corrected chi connectivity index (χ4v) is 3.25. The Labute approximate surface area is 132 Å². The third-order valence-corrected chi connectivity index (χ3v) is 5.04. The Kier molecular flexibility index (Phi) is 3.88. The molecule has 0 spiro atoms. The van der Waals surface area contributed by atoms with Gasteiger partial charge in [-0.3, -0.25) is 9.59 Å². The summed E-state index contributed by atoms with van der Waals surface area (Å²) in [6.07, 6.45) is 1.86. The number of hydrogen-bond donors (Lipinski definition) is 3.